The summed E-state index contributed by atoms with van der Waals surface area (Å²) in [6.07, 6.45) is 5.24. The summed E-state index contributed by atoms with van der Waals surface area (Å²) in [6.45, 7) is 8.55. The van der Waals surface area contributed by atoms with Crippen LogP contribution in [0.15, 0.2) is 43.1 Å². The van der Waals surface area contributed by atoms with Gasteiger partial charge in [0.1, 0.15) is 12.7 Å². The van der Waals surface area contributed by atoms with Gasteiger partial charge < -0.3 is 10.2 Å². The minimum Gasteiger partial charge on any atom is -0.352 e. The molecule has 0 unspecified atom stereocenters. The van der Waals surface area contributed by atoms with E-state index in [-0.39, 0.29) is 18.1 Å². The third-order valence-electron chi connectivity index (χ3n) is 5.08. The van der Waals surface area contributed by atoms with Crippen molar-refractivity contribution in [3.63, 3.8) is 0 Å². The highest BCUT2D eigenvalue weighted by molar-refractivity contribution is 7.80. The normalized spacial score (nSPS) is 19.7. The van der Waals surface area contributed by atoms with Crippen LogP contribution in [0.5, 0.6) is 0 Å². The molecule has 1 fully saturated rings. The van der Waals surface area contributed by atoms with Crippen LogP contribution in [-0.4, -0.2) is 40.6 Å². The smallest absolute Gasteiger partial charge is 0.170 e. The zero-order chi connectivity index (χ0) is 19.1. The molecule has 3 aromatic heterocycles. The van der Waals surface area contributed by atoms with Crippen LogP contribution in [0.1, 0.15) is 48.6 Å². The lowest BCUT2D eigenvalue weighted by Crippen LogP contribution is -2.35. The highest BCUT2D eigenvalue weighted by Gasteiger charge is 2.42. The number of aromatic nitrogens is 5. The van der Waals surface area contributed by atoms with Gasteiger partial charge in [-0.2, -0.15) is 0 Å². The van der Waals surface area contributed by atoms with Gasteiger partial charge in [-0.15, -0.1) is 10.2 Å². The molecule has 0 aromatic carbocycles. The molecule has 2 atom stereocenters. The molecule has 27 heavy (non-hydrogen) atoms. The Bertz CT molecular complexity index is 946. The number of aryl methyl sites for hydroxylation is 1. The van der Waals surface area contributed by atoms with Gasteiger partial charge >= 0.3 is 0 Å². The van der Waals surface area contributed by atoms with Crippen LogP contribution in [0.25, 0.3) is 0 Å². The van der Waals surface area contributed by atoms with Crippen LogP contribution >= 0.6 is 12.2 Å². The molecular formula is C19H23N7S. The van der Waals surface area contributed by atoms with Crippen molar-refractivity contribution in [1.29, 1.82) is 0 Å². The standard InChI is InChI=1S/C19H23N7S/c1-12(2)25-18(17(23-19(25)27)16-7-5-6-8-20-16)15-9-13(3)26(14(15)4)24-10-21-22-11-24/h5-12,17-18H,1-4H3,(H,23,27)/t17-,18-/m0/s1. The van der Waals surface area contributed by atoms with E-state index < -0.39 is 0 Å². The average Bonchev–Trinajstić information content (AvgIpc) is 3.34. The molecule has 140 valence electrons. The molecule has 7 nitrogen and oxygen atoms in total. The number of rotatable bonds is 4. The Morgan fingerprint density at radius 2 is 1.89 bits per heavy atom. The number of hydrogen-bond donors (Lipinski definition) is 1. The van der Waals surface area contributed by atoms with Crippen molar-refractivity contribution in [2.45, 2.75) is 45.8 Å². The summed E-state index contributed by atoms with van der Waals surface area (Å²) in [5, 5.41) is 12.1. The minimum absolute atomic E-state index is 0.00374. The molecule has 4 rings (SSSR count). The van der Waals surface area contributed by atoms with Crippen LogP contribution in [0, 0.1) is 13.8 Å². The fourth-order valence-corrected chi connectivity index (χ4v) is 4.44. The molecule has 3 aromatic rings. The van der Waals surface area contributed by atoms with E-state index in [0.717, 1.165) is 22.2 Å². The summed E-state index contributed by atoms with van der Waals surface area (Å²) in [5.74, 6) is 0. The Hall–Kier alpha value is -2.74. The van der Waals surface area contributed by atoms with Gasteiger partial charge in [0.05, 0.1) is 17.8 Å². The van der Waals surface area contributed by atoms with Crippen molar-refractivity contribution in [2.75, 3.05) is 0 Å². The van der Waals surface area contributed by atoms with Crippen LogP contribution in [0.3, 0.4) is 0 Å². The maximum Gasteiger partial charge on any atom is 0.170 e. The van der Waals surface area contributed by atoms with Crippen molar-refractivity contribution in [1.82, 2.24) is 34.8 Å². The lowest BCUT2D eigenvalue weighted by molar-refractivity contribution is 0.268. The zero-order valence-electron chi connectivity index (χ0n) is 15.9. The zero-order valence-corrected chi connectivity index (χ0v) is 16.7. The van der Waals surface area contributed by atoms with Gasteiger partial charge in [0.15, 0.2) is 5.11 Å². The molecule has 8 heteroatoms. The second-order valence-electron chi connectivity index (χ2n) is 7.11. The van der Waals surface area contributed by atoms with Crippen molar-refractivity contribution < 1.29 is 0 Å². The average molecular weight is 382 g/mol. The molecular weight excluding hydrogens is 358 g/mol. The highest BCUT2D eigenvalue weighted by atomic mass is 32.1. The fraction of sp³-hybridized carbons (Fsp3) is 0.368. The first-order valence-corrected chi connectivity index (χ1v) is 9.43. The molecule has 0 aliphatic carbocycles. The third kappa shape index (κ3) is 2.90. The van der Waals surface area contributed by atoms with Crippen LogP contribution in [0.2, 0.25) is 0 Å². The van der Waals surface area contributed by atoms with E-state index in [1.807, 2.05) is 23.0 Å². The maximum absolute atomic E-state index is 5.69. The van der Waals surface area contributed by atoms with Gasteiger partial charge in [0.25, 0.3) is 0 Å². The number of nitrogens with one attached hydrogen (secondary N) is 1. The summed E-state index contributed by atoms with van der Waals surface area (Å²) in [5.41, 5.74) is 4.46. The van der Waals surface area contributed by atoms with Gasteiger partial charge in [-0.05, 0) is 58.1 Å². The first kappa shape index (κ1) is 17.7. The molecule has 0 saturated carbocycles. The fourth-order valence-electron chi connectivity index (χ4n) is 3.98. The van der Waals surface area contributed by atoms with Crippen LogP contribution in [0.4, 0.5) is 0 Å². The van der Waals surface area contributed by atoms with Crippen LogP contribution < -0.4 is 5.32 Å². The molecule has 1 aliphatic heterocycles. The molecule has 0 radical (unpaired) electrons. The van der Waals surface area contributed by atoms with Crippen molar-refractivity contribution in [3.05, 3.63) is 65.8 Å². The number of nitrogens with zero attached hydrogens (tertiary/aromatic N) is 6. The maximum atomic E-state index is 5.69. The van der Waals surface area contributed by atoms with Crippen molar-refractivity contribution in [2.24, 2.45) is 0 Å². The first-order chi connectivity index (χ1) is 13.0. The predicted molar refractivity (Wildman–Crippen MR) is 107 cm³/mol. The summed E-state index contributed by atoms with van der Waals surface area (Å²) in [7, 11) is 0. The van der Waals surface area contributed by atoms with Crippen molar-refractivity contribution in [3.8, 4) is 0 Å². The third-order valence-corrected chi connectivity index (χ3v) is 5.41. The van der Waals surface area contributed by atoms with Crippen molar-refractivity contribution >= 4 is 17.3 Å². The van der Waals surface area contributed by atoms with Gasteiger partial charge in [-0.3, -0.25) is 9.66 Å². The number of thiocarbonyl (C=S) groups is 1. The predicted octanol–water partition coefficient (Wildman–Crippen LogP) is 2.78. The second kappa shape index (κ2) is 6.77. The first-order valence-electron chi connectivity index (χ1n) is 9.03. The summed E-state index contributed by atoms with van der Waals surface area (Å²) in [4.78, 5) is 6.86. The van der Waals surface area contributed by atoms with E-state index in [4.69, 9.17) is 12.2 Å². The highest BCUT2D eigenvalue weighted by Crippen LogP contribution is 2.41. The largest absolute Gasteiger partial charge is 0.352 e. The molecule has 0 bridgehead atoms. The number of pyridine rings is 1. The Kier molecular flexibility index (Phi) is 4.43. The summed E-state index contributed by atoms with van der Waals surface area (Å²) >= 11 is 5.69. The van der Waals surface area contributed by atoms with E-state index in [1.54, 1.807) is 12.7 Å². The quantitative estimate of drug-likeness (QED) is 0.701. The van der Waals surface area contributed by atoms with E-state index >= 15 is 0 Å². The second-order valence-corrected chi connectivity index (χ2v) is 7.49. The summed E-state index contributed by atoms with van der Waals surface area (Å²) in [6, 6.07) is 8.55. The van der Waals surface area contributed by atoms with Gasteiger partial charge in [0.2, 0.25) is 0 Å². The molecule has 1 aliphatic rings. The molecule has 1 saturated heterocycles. The van der Waals surface area contributed by atoms with Gasteiger partial charge in [0, 0.05) is 29.2 Å². The SMILES string of the molecule is Cc1cc([C@H]2[C@H](c3ccccn3)NC(=S)N2C(C)C)c(C)n1-n1cnnc1. The van der Waals surface area contributed by atoms with E-state index in [2.05, 4.69) is 69.9 Å². The summed E-state index contributed by atoms with van der Waals surface area (Å²) < 4.78 is 4.01. The Morgan fingerprint density at radius 1 is 1.15 bits per heavy atom. The molecule has 0 spiro atoms. The Labute approximate surface area is 164 Å². The molecule has 0 amide bonds. The van der Waals surface area contributed by atoms with E-state index in [0.29, 0.717) is 0 Å². The Morgan fingerprint density at radius 3 is 2.52 bits per heavy atom. The monoisotopic (exact) mass is 381 g/mol. The number of hydrogen-bond acceptors (Lipinski definition) is 4. The van der Waals surface area contributed by atoms with Gasteiger partial charge in [-0.1, -0.05) is 6.07 Å². The Balaban J connectivity index is 1.86. The van der Waals surface area contributed by atoms with E-state index in [1.165, 1.54) is 5.56 Å². The molecule has 4 heterocycles. The van der Waals surface area contributed by atoms with Gasteiger partial charge in [-0.25, -0.2) is 4.68 Å². The van der Waals surface area contributed by atoms with E-state index in [9.17, 15) is 0 Å². The minimum atomic E-state index is -0.00374. The topological polar surface area (TPSA) is 63.8 Å². The molecule has 1 N–H and O–H groups in total. The van der Waals surface area contributed by atoms with Crippen LogP contribution in [-0.2, 0) is 0 Å². The lowest BCUT2D eigenvalue weighted by Gasteiger charge is -2.31. The lowest BCUT2D eigenvalue weighted by atomic mass is 9.96.